The molecule has 0 spiro atoms. The fourth-order valence-corrected chi connectivity index (χ4v) is 2.23. The lowest BCUT2D eigenvalue weighted by atomic mass is 10.0. The van der Waals surface area contributed by atoms with Crippen LogP contribution in [0.2, 0.25) is 0 Å². The second-order valence-corrected chi connectivity index (χ2v) is 4.71. The number of carbonyl (C=O) groups is 1. The van der Waals surface area contributed by atoms with Gasteiger partial charge in [-0.2, -0.15) is 0 Å². The number of carbonyl (C=O) groups excluding carboxylic acids is 1. The highest BCUT2D eigenvalue weighted by molar-refractivity contribution is 5.67. The molecular weight excluding hydrogens is 244 g/mol. The lowest BCUT2D eigenvalue weighted by Crippen LogP contribution is -2.53. The topological polar surface area (TPSA) is 64.8 Å². The van der Waals surface area contributed by atoms with Crippen molar-refractivity contribution in [1.29, 1.82) is 0 Å². The van der Waals surface area contributed by atoms with Gasteiger partial charge in [-0.25, -0.2) is 4.79 Å². The van der Waals surface area contributed by atoms with Gasteiger partial charge in [0.1, 0.15) is 6.61 Å². The summed E-state index contributed by atoms with van der Waals surface area (Å²) in [5, 5.41) is 0. The second-order valence-electron chi connectivity index (χ2n) is 4.71. The molecule has 2 atom stereocenters. The lowest BCUT2D eigenvalue weighted by Gasteiger charge is -2.35. The zero-order valence-corrected chi connectivity index (χ0v) is 11.1. The summed E-state index contributed by atoms with van der Waals surface area (Å²) >= 11 is 0. The number of benzene rings is 1. The zero-order valence-electron chi connectivity index (χ0n) is 11.1. The minimum Gasteiger partial charge on any atom is -0.445 e. The Morgan fingerprint density at radius 1 is 1.42 bits per heavy atom. The highest BCUT2D eigenvalue weighted by Gasteiger charge is 2.29. The Bertz CT molecular complexity index is 410. The molecule has 1 aromatic carbocycles. The van der Waals surface area contributed by atoms with Gasteiger partial charge >= 0.3 is 6.09 Å². The fourth-order valence-electron chi connectivity index (χ4n) is 2.23. The Morgan fingerprint density at radius 2 is 2.16 bits per heavy atom. The molecule has 0 bridgehead atoms. The van der Waals surface area contributed by atoms with E-state index in [1.54, 1.807) is 12.0 Å². The molecule has 0 aromatic heterocycles. The van der Waals surface area contributed by atoms with E-state index in [9.17, 15) is 4.79 Å². The Kier molecular flexibility index (Phi) is 4.76. The van der Waals surface area contributed by atoms with Crippen molar-refractivity contribution in [2.75, 3.05) is 20.2 Å². The van der Waals surface area contributed by atoms with Crippen molar-refractivity contribution >= 4 is 6.09 Å². The third-order valence-electron chi connectivity index (χ3n) is 3.36. The molecule has 0 aliphatic carbocycles. The van der Waals surface area contributed by atoms with Crippen LogP contribution < -0.4 is 5.73 Å². The van der Waals surface area contributed by atoms with Gasteiger partial charge in [0.2, 0.25) is 0 Å². The summed E-state index contributed by atoms with van der Waals surface area (Å²) < 4.78 is 10.5. The lowest BCUT2D eigenvalue weighted by molar-refractivity contribution is 0.0183. The Labute approximate surface area is 113 Å². The van der Waals surface area contributed by atoms with E-state index in [0.29, 0.717) is 19.7 Å². The highest BCUT2D eigenvalue weighted by Crippen LogP contribution is 2.13. The minimum absolute atomic E-state index is 0.0261. The normalized spacial score (nSPS) is 23.2. The maximum Gasteiger partial charge on any atom is 0.410 e. The van der Waals surface area contributed by atoms with E-state index >= 15 is 0 Å². The molecule has 1 saturated heterocycles. The van der Waals surface area contributed by atoms with E-state index in [2.05, 4.69) is 0 Å². The van der Waals surface area contributed by atoms with Crippen molar-refractivity contribution in [2.24, 2.45) is 5.73 Å². The van der Waals surface area contributed by atoms with Crippen LogP contribution in [0.15, 0.2) is 30.3 Å². The molecule has 1 aliphatic heterocycles. The second kappa shape index (κ2) is 6.54. The molecule has 1 heterocycles. The van der Waals surface area contributed by atoms with Gasteiger partial charge in [0, 0.05) is 26.2 Å². The number of amides is 1. The number of hydrogen-bond acceptors (Lipinski definition) is 4. The average molecular weight is 264 g/mol. The third kappa shape index (κ3) is 3.68. The standard InChI is InChI=1S/C14H20N2O3/c1-18-13-7-8-16(9-12(13)15)14(17)19-10-11-5-3-2-4-6-11/h2-6,12-13H,7-10,15H2,1H3/t12-,13-/m1/s1. The monoisotopic (exact) mass is 264 g/mol. The predicted molar refractivity (Wildman–Crippen MR) is 71.6 cm³/mol. The summed E-state index contributed by atoms with van der Waals surface area (Å²) in [5.41, 5.74) is 6.93. The van der Waals surface area contributed by atoms with Crippen LogP contribution in [0.3, 0.4) is 0 Å². The van der Waals surface area contributed by atoms with Crippen molar-refractivity contribution < 1.29 is 14.3 Å². The molecule has 5 heteroatoms. The van der Waals surface area contributed by atoms with Crippen LogP contribution in [0.25, 0.3) is 0 Å². The van der Waals surface area contributed by atoms with E-state index in [1.807, 2.05) is 30.3 Å². The average Bonchev–Trinajstić information content (AvgIpc) is 2.45. The molecule has 0 saturated carbocycles. The molecule has 5 nitrogen and oxygen atoms in total. The van der Waals surface area contributed by atoms with Crippen molar-refractivity contribution in [3.05, 3.63) is 35.9 Å². The van der Waals surface area contributed by atoms with Crippen molar-refractivity contribution in [1.82, 2.24) is 4.90 Å². The van der Waals surface area contributed by atoms with Gasteiger partial charge < -0.3 is 20.1 Å². The first-order valence-corrected chi connectivity index (χ1v) is 6.44. The number of likely N-dealkylation sites (tertiary alicyclic amines) is 1. The maximum absolute atomic E-state index is 11.9. The highest BCUT2D eigenvalue weighted by atomic mass is 16.6. The molecule has 0 unspecified atom stereocenters. The smallest absolute Gasteiger partial charge is 0.410 e. The largest absolute Gasteiger partial charge is 0.445 e. The molecular formula is C14H20N2O3. The summed E-state index contributed by atoms with van der Waals surface area (Å²) in [6, 6.07) is 9.47. The zero-order chi connectivity index (χ0) is 13.7. The number of nitrogens with zero attached hydrogens (tertiary/aromatic N) is 1. The van der Waals surface area contributed by atoms with Crippen LogP contribution in [0.1, 0.15) is 12.0 Å². The maximum atomic E-state index is 11.9. The van der Waals surface area contributed by atoms with Gasteiger partial charge in [-0.15, -0.1) is 0 Å². The van der Waals surface area contributed by atoms with Crippen LogP contribution in [-0.2, 0) is 16.1 Å². The van der Waals surface area contributed by atoms with E-state index in [-0.39, 0.29) is 18.2 Å². The van der Waals surface area contributed by atoms with E-state index in [0.717, 1.165) is 12.0 Å². The summed E-state index contributed by atoms with van der Waals surface area (Å²) in [5.74, 6) is 0. The Morgan fingerprint density at radius 3 is 2.79 bits per heavy atom. The molecule has 2 N–H and O–H groups in total. The van der Waals surface area contributed by atoms with E-state index in [1.165, 1.54) is 0 Å². The summed E-state index contributed by atoms with van der Waals surface area (Å²) in [7, 11) is 1.65. The SMILES string of the molecule is CO[C@@H]1CCN(C(=O)OCc2ccccc2)C[C@H]1N. The van der Waals surface area contributed by atoms with Crippen molar-refractivity contribution in [2.45, 2.75) is 25.2 Å². The predicted octanol–water partition coefficient (Wildman–Crippen LogP) is 1.37. The first-order valence-electron chi connectivity index (χ1n) is 6.44. The van der Waals surface area contributed by atoms with Crippen LogP contribution in [0, 0.1) is 0 Å². The van der Waals surface area contributed by atoms with Gasteiger partial charge in [0.25, 0.3) is 0 Å². The third-order valence-corrected chi connectivity index (χ3v) is 3.36. The molecule has 1 fully saturated rings. The van der Waals surface area contributed by atoms with E-state index in [4.69, 9.17) is 15.2 Å². The molecule has 2 rings (SSSR count). The van der Waals surface area contributed by atoms with Gasteiger partial charge in [-0.1, -0.05) is 30.3 Å². The Hall–Kier alpha value is -1.59. The molecule has 0 radical (unpaired) electrons. The van der Waals surface area contributed by atoms with Crippen molar-refractivity contribution in [3.63, 3.8) is 0 Å². The van der Waals surface area contributed by atoms with Gasteiger partial charge in [0.05, 0.1) is 6.10 Å². The van der Waals surface area contributed by atoms with Gasteiger partial charge in [-0.3, -0.25) is 0 Å². The number of piperidine rings is 1. The number of nitrogens with two attached hydrogens (primary N) is 1. The number of ether oxygens (including phenoxy) is 2. The number of hydrogen-bond donors (Lipinski definition) is 1. The Balaban J connectivity index is 1.81. The summed E-state index contributed by atoms with van der Waals surface area (Å²) in [6.07, 6.45) is 0.463. The molecule has 1 aromatic rings. The van der Waals surface area contributed by atoms with Crippen LogP contribution >= 0.6 is 0 Å². The van der Waals surface area contributed by atoms with E-state index < -0.39 is 0 Å². The minimum atomic E-state index is -0.311. The summed E-state index contributed by atoms with van der Waals surface area (Å²) in [6.45, 7) is 1.39. The van der Waals surface area contributed by atoms with Crippen LogP contribution in [-0.4, -0.2) is 43.3 Å². The van der Waals surface area contributed by atoms with Crippen molar-refractivity contribution in [3.8, 4) is 0 Å². The van der Waals surface area contributed by atoms with Crippen LogP contribution in [0.4, 0.5) is 4.79 Å². The fraction of sp³-hybridized carbons (Fsp3) is 0.500. The molecule has 1 aliphatic rings. The van der Waals surface area contributed by atoms with Gasteiger partial charge in [0.15, 0.2) is 0 Å². The summed E-state index contributed by atoms with van der Waals surface area (Å²) in [4.78, 5) is 13.6. The first-order chi connectivity index (χ1) is 9.20. The molecule has 104 valence electrons. The quantitative estimate of drug-likeness (QED) is 0.895. The molecule has 19 heavy (non-hydrogen) atoms. The molecule has 1 amide bonds. The van der Waals surface area contributed by atoms with Crippen LogP contribution in [0.5, 0.6) is 0 Å². The number of rotatable bonds is 3. The number of methoxy groups -OCH3 is 1. The van der Waals surface area contributed by atoms with Gasteiger partial charge in [-0.05, 0) is 12.0 Å². The first kappa shape index (κ1) is 13.8.